The van der Waals surface area contributed by atoms with E-state index in [9.17, 15) is 4.79 Å². The molecule has 0 fully saturated rings. The maximum Gasteiger partial charge on any atom is 0.258 e. The van der Waals surface area contributed by atoms with Crippen molar-refractivity contribution in [3.63, 3.8) is 0 Å². The fourth-order valence-electron chi connectivity index (χ4n) is 1.78. The smallest absolute Gasteiger partial charge is 0.258 e. The van der Waals surface area contributed by atoms with E-state index in [2.05, 4.69) is 15.9 Å². The lowest BCUT2D eigenvalue weighted by Crippen LogP contribution is -2.31. The summed E-state index contributed by atoms with van der Waals surface area (Å²) < 4.78 is 6.66. The largest absolute Gasteiger partial charge is 0.480 e. The molecule has 0 radical (unpaired) electrons. The van der Waals surface area contributed by atoms with Gasteiger partial charge in [0.1, 0.15) is 5.75 Å². The first-order valence-corrected chi connectivity index (χ1v) is 7.15. The van der Waals surface area contributed by atoms with Crippen LogP contribution in [0.1, 0.15) is 31.4 Å². The van der Waals surface area contributed by atoms with Crippen molar-refractivity contribution >= 4 is 21.8 Å². The lowest BCUT2D eigenvalue weighted by molar-refractivity contribution is -0.124. The quantitative estimate of drug-likeness (QED) is 0.840. The van der Waals surface area contributed by atoms with Crippen LogP contribution in [0.25, 0.3) is 0 Å². The number of primary amides is 1. The van der Waals surface area contributed by atoms with Crippen molar-refractivity contribution in [2.45, 2.75) is 45.8 Å². The summed E-state index contributed by atoms with van der Waals surface area (Å²) in [4.78, 5) is 11.1. The Balaban J connectivity index is 3.09. The van der Waals surface area contributed by atoms with E-state index in [0.717, 1.165) is 22.0 Å². The maximum absolute atomic E-state index is 11.1. The van der Waals surface area contributed by atoms with Gasteiger partial charge in [-0.05, 0) is 49.9 Å². The SMILES string of the molecule is CCC(N)Cc1cc(Br)cc(C)c1OC(C)C(N)=O. The van der Waals surface area contributed by atoms with Gasteiger partial charge in [-0.15, -0.1) is 0 Å². The number of halogens is 1. The zero-order chi connectivity index (χ0) is 14.6. The van der Waals surface area contributed by atoms with Crippen LogP contribution in [0.5, 0.6) is 5.75 Å². The molecule has 106 valence electrons. The van der Waals surface area contributed by atoms with Crippen molar-refractivity contribution in [3.8, 4) is 5.75 Å². The Hall–Kier alpha value is -1.07. The van der Waals surface area contributed by atoms with Crippen LogP contribution in [-0.4, -0.2) is 18.1 Å². The Morgan fingerprint density at radius 1 is 1.47 bits per heavy atom. The third-order valence-corrected chi connectivity index (χ3v) is 3.48. The van der Waals surface area contributed by atoms with E-state index in [4.69, 9.17) is 16.2 Å². The molecule has 0 aliphatic rings. The van der Waals surface area contributed by atoms with Crippen LogP contribution in [0.2, 0.25) is 0 Å². The molecule has 0 aliphatic carbocycles. The summed E-state index contributed by atoms with van der Waals surface area (Å²) in [6.07, 6.45) is 0.935. The fraction of sp³-hybridized carbons (Fsp3) is 0.500. The number of hydrogen-bond donors (Lipinski definition) is 2. The Morgan fingerprint density at radius 2 is 2.11 bits per heavy atom. The molecule has 2 unspecified atom stereocenters. The normalized spacial score (nSPS) is 13.9. The molecular weight excluding hydrogens is 308 g/mol. The highest BCUT2D eigenvalue weighted by Crippen LogP contribution is 2.30. The Labute approximate surface area is 122 Å². The van der Waals surface area contributed by atoms with Crippen LogP contribution >= 0.6 is 15.9 Å². The van der Waals surface area contributed by atoms with Gasteiger partial charge in [-0.1, -0.05) is 22.9 Å². The van der Waals surface area contributed by atoms with Gasteiger partial charge in [0.2, 0.25) is 0 Å². The van der Waals surface area contributed by atoms with Crippen LogP contribution < -0.4 is 16.2 Å². The number of carbonyl (C=O) groups excluding carboxylic acids is 1. The Bertz CT molecular complexity index is 463. The molecule has 1 aromatic carbocycles. The molecule has 0 bridgehead atoms. The zero-order valence-corrected chi connectivity index (χ0v) is 13.2. The fourth-order valence-corrected chi connectivity index (χ4v) is 2.40. The summed E-state index contributed by atoms with van der Waals surface area (Å²) in [6, 6.07) is 4.00. The number of benzene rings is 1. The lowest BCUT2D eigenvalue weighted by atomic mass is 10.0. The van der Waals surface area contributed by atoms with Crippen LogP contribution in [0.15, 0.2) is 16.6 Å². The van der Waals surface area contributed by atoms with Gasteiger partial charge in [-0.2, -0.15) is 0 Å². The number of aryl methyl sites for hydroxylation is 1. The first-order chi connectivity index (χ1) is 8.85. The van der Waals surface area contributed by atoms with E-state index >= 15 is 0 Å². The van der Waals surface area contributed by atoms with Gasteiger partial charge in [-0.3, -0.25) is 4.79 Å². The lowest BCUT2D eigenvalue weighted by Gasteiger charge is -2.19. The molecule has 1 amide bonds. The van der Waals surface area contributed by atoms with Gasteiger partial charge in [0.25, 0.3) is 5.91 Å². The zero-order valence-electron chi connectivity index (χ0n) is 11.6. The second kappa shape index (κ2) is 6.91. The summed E-state index contributed by atoms with van der Waals surface area (Å²) in [7, 11) is 0. The summed E-state index contributed by atoms with van der Waals surface area (Å²) in [5.74, 6) is 0.228. The molecule has 0 aliphatic heterocycles. The summed E-state index contributed by atoms with van der Waals surface area (Å²) >= 11 is 3.47. The first-order valence-electron chi connectivity index (χ1n) is 6.35. The minimum Gasteiger partial charge on any atom is -0.480 e. The highest BCUT2D eigenvalue weighted by Gasteiger charge is 2.17. The standard InChI is InChI=1S/C14H21BrN2O2/c1-4-12(16)7-10-6-11(15)5-8(2)13(10)19-9(3)14(17)18/h5-6,9,12H,4,7,16H2,1-3H3,(H2,17,18). The van der Waals surface area contributed by atoms with Crippen molar-refractivity contribution in [3.05, 3.63) is 27.7 Å². The molecule has 1 aromatic rings. The minimum atomic E-state index is -0.656. The van der Waals surface area contributed by atoms with E-state index in [1.807, 2.05) is 26.0 Å². The molecule has 0 spiro atoms. The van der Waals surface area contributed by atoms with Gasteiger partial charge in [-0.25, -0.2) is 0 Å². The van der Waals surface area contributed by atoms with Gasteiger partial charge < -0.3 is 16.2 Å². The number of nitrogens with two attached hydrogens (primary N) is 2. The molecule has 4 nitrogen and oxygen atoms in total. The molecule has 0 aromatic heterocycles. The Kier molecular flexibility index (Phi) is 5.82. The van der Waals surface area contributed by atoms with Crippen molar-refractivity contribution in [1.82, 2.24) is 0 Å². The van der Waals surface area contributed by atoms with E-state index in [1.54, 1.807) is 6.92 Å². The molecule has 4 N–H and O–H groups in total. The van der Waals surface area contributed by atoms with Gasteiger partial charge in [0, 0.05) is 10.5 Å². The van der Waals surface area contributed by atoms with Gasteiger partial charge in [0.05, 0.1) is 0 Å². The molecule has 0 saturated heterocycles. The second-order valence-corrected chi connectivity index (χ2v) is 5.66. The summed E-state index contributed by atoms with van der Waals surface area (Å²) in [6.45, 7) is 5.63. The number of amides is 1. The van der Waals surface area contributed by atoms with Crippen molar-refractivity contribution < 1.29 is 9.53 Å². The van der Waals surface area contributed by atoms with Crippen LogP contribution in [0.3, 0.4) is 0 Å². The monoisotopic (exact) mass is 328 g/mol. The van der Waals surface area contributed by atoms with Gasteiger partial charge >= 0.3 is 0 Å². The predicted molar refractivity (Wildman–Crippen MR) is 80.1 cm³/mol. The molecule has 5 heteroatoms. The van der Waals surface area contributed by atoms with Crippen LogP contribution in [0.4, 0.5) is 0 Å². The molecular formula is C14H21BrN2O2. The highest BCUT2D eigenvalue weighted by atomic mass is 79.9. The average Bonchev–Trinajstić information content (AvgIpc) is 2.32. The third kappa shape index (κ3) is 4.51. The topological polar surface area (TPSA) is 78.3 Å². The van der Waals surface area contributed by atoms with E-state index in [-0.39, 0.29) is 6.04 Å². The molecule has 19 heavy (non-hydrogen) atoms. The van der Waals surface area contributed by atoms with Crippen molar-refractivity contribution in [2.75, 3.05) is 0 Å². The molecule has 0 saturated carbocycles. The highest BCUT2D eigenvalue weighted by molar-refractivity contribution is 9.10. The van der Waals surface area contributed by atoms with E-state index < -0.39 is 12.0 Å². The summed E-state index contributed by atoms with van der Waals surface area (Å²) in [5.41, 5.74) is 13.2. The van der Waals surface area contributed by atoms with E-state index in [0.29, 0.717) is 12.2 Å². The molecule has 2 atom stereocenters. The predicted octanol–water partition coefficient (Wildman–Crippen LogP) is 2.29. The van der Waals surface area contributed by atoms with Crippen LogP contribution in [-0.2, 0) is 11.2 Å². The number of ether oxygens (including phenoxy) is 1. The first kappa shape index (κ1) is 16.0. The van der Waals surface area contributed by atoms with Crippen molar-refractivity contribution in [1.29, 1.82) is 0 Å². The summed E-state index contributed by atoms with van der Waals surface area (Å²) in [5, 5.41) is 0. The number of rotatable bonds is 6. The third-order valence-electron chi connectivity index (χ3n) is 3.02. The maximum atomic E-state index is 11.1. The second-order valence-electron chi connectivity index (χ2n) is 4.75. The number of hydrogen-bond acceptors (Lipinski definition) is 3. The van der Waals surface area contributed by atoms with Crippen LogP contribution in [0, 0.1) is 6.92 Å². The molecule has 0 heterocycles. The Morgan fingerprint density at radius 3 is 2.63 bits per heavy atom. The molecule has 1 rings (SSSR count). The van der Waals surface area contributed by atoms with E-state index in [1.165, 1.54) is 0 Å². The van der Waals surface area contributed by atoms with Crippen molar-refractivity contribution in [2.24, 2.45) is 11.5 Å². The number of carbonyl (C=O) groups is 1. The minimum absolute atomic E-state index is 0.0694. The average molecular weight is 329 g/mol. The van der Waals surface area contributed by atoms with Gasteiger partial charge in [0.15, 0.2) is 6.10 Å².